The maximum atomic E-state index is 13.3. The first-order valence-electron chi connectivity index (χ1n) is 12.4. The van der Waals surface area contributed by atoms with Gasteiger partial charge in [0.25, 0.3) is 17.7 Å². The number of nitrogen functional groups attached to an aromatic ring is 1. The smallest absolute Gasteiger partial charge is 0.253 e. The molecule has 0 saturated heterocycles. The summed E-state index contributed by atoms with van der Waals surface area (Å²) < 4.78 is 28.6. The molecule has 0 radical (unpaired) electrons. The number of amides is 2. The third-order valence-corrected chi connectivity index (χ3v) is 7.16. The lowest BCUT2D eigenvalue weighted by Gasteiger charge is -2.40. The molecule has 0 aliphatic heterocycles. The summed E-state index contributed by atoms with van der Waals surface area (Å²) in [6, 6.07) is 13.9. The fourth-order valence-corrected chi connectivity index (χ4v) is 4.90. The van der Waals surface area contributed by atoms with Gasteiger partial charge in [0.05, 0.1) is 11.1 Å². The lowest BCUT2D eigenvalue weighted by atomic mass is 9.87. The molecule has 2 heterocycles. The zero-order valence-corrected chi connectivity index (χ0v) is 21.8. The minimum atomic E-state index is -2.70. The number of fused-ring (bicyclic) bond motifs is 1. The van der Waals surface area contributed by atoms with E-state index in [0.717, 1.165) is 22.4 Å². The highest BCUT2D eigenvalue weighted by Crippen LogP contribution is 2.42. The van der Waals surface area contributed by atoms with Crippen LogP contribution in [0, 0.1) is 0 Å². The van der Waals surface area contributed by atoms with Gasteiger partial charge in [-0.3, -0.25) is 9.59 Å². The van der Waals surface area contributed by atoms with E-state index in [2.05, 4.69) is 21.9 Å². The summed E-state index contributed by atoms with van der Waals surface area (Å²) in [5.74, 6) is -2.96. The monoisotopic (exact) mass is 530 g/mol. The van der Waals surface area contributed by atoms with E-state index in [0.29, 0.717) is 33.7 Å². The van der Waals surface area contributed by atoms with Crippen LogP contribution in [0.25, 0.3) is 33.4 Å². The number of alkyl halides is 2. The molecule has 8 nitrogen and oxygen atoms in total. The average molecular weight is 531 g/mol. The summed E-state index contributed by atoms with van der Waals surface area (Å²) in [4.78, 5) is 35.0. The van der Waals surface area contributed by atoms with Gasteiger partial charge in [-0.05, 0) is 42.3 Å². The van der Waals surface area contributed by atoms with E-state index in [1.54, 1.807) is 38.2 Å². The van der Waals surface area contributed by atoms with Gasteiger partial charge >= 0.3 is 0 Å². The summed E-state index contributed by atoms with van der Waals surface area (Å²) in [6.45, 7) is 5.30. The molecule has 1 aliphatic rings. The number of aryl methyl sites for hydroxylation is 1. The number of nitrogens with two attached hydrogens (primary N) is 1. The molecule has 39 heavy (non-hydrogen) atoms. The van der Waals surface area contributed by atoms with Gasteiger partial charge in [0, 0.05) is 55.4 Å². The quantitative estimate of drug-likeness (QED) is 0.331. The van der Waals surface area contributed by atoms with Crippen molar-refractivity contribution in [3.63, 3.8) is 0 Å². The number of carbonyl (C=O) groups excluding carboxylic acids is 2. The molecule has 0 atom stereocenters. The Hall–Kier alpha value is -4.60. The summed E-state index contributed by atoms with van der Waals surface area (Å²) in [5.41, 5.74) is 11.6. The fraction of sp³-hybridized carbons (Fsp3) is 0.241. The predicted molar refractivity (Wildman–Crippen MR) is 147 cm³/mol. The molecular weight excluding hydrogens is 502 g/mol. The number of anilines is 2. The molecule has 1 fully saturated rings. The van der Waals surface area contributed by atoms with Crippen molar-refractivity contribution in [2.75, 3.05) is 18.1 Å². The van der Waals surface area contributed by atoms with Gasteiger partial charge in [0.2, 0.25) is 0 Å². The van der Waals surface area contributed by atoms with Crippen LogP contribution in [0.1, 0.15) is 30.1 Å². The number of hydrogen-bond acceptors (Lipinski definition) is 5. The molecule has 0 unspecified atom stereocenters. The lowest BCUT2D eigenvalue weighted by Crippen LogP contribution is -2.51. The highest BCUT2D eigenvalue weighted by molar-refractivity contribution is 6.08. The third-order valence-electron chi connectivity index (χ3n) is 7.16. The minimum absolute atomic E-state index is 0.262. The molecule has 3 N–H and O–H groups in total. The number of nitrogens with zero attached hydrogens (tertiary/aromatic N) is 4. The maximum Gasteiger partial charge on any atom is 0.253 e. The standard InChI is InChI=1S/C29H28F2N6O2/c1-16(2)27(38)35-20-11-9-18(10-12-20)24-22(23-25(32)33-15-34-26(23)37(24)4)17-5-7-19(8-6-17)28(39)36(3)21-13-29(30,31)14-21/h5-12,15,21H,1,13-14H2,2-4H3,(H,35,38)(H2,32,33,34). The molecule has 2 amide bonds. The Kier molecular flexibility index (Phi) is 6.41. The topological polar surface area (TPSA) is 106 Å². The van der Waals surface area contributed by atoms with Crippen LogP contribution in [0.15, 0.2) is 67.0 Å². The van der Waals surface area contributed by atoms with Crippen LogP contribution >= 0.6 is 0 Å². The molecule has 0 bridgehead atoms. The van der Waals surface area contributed by atoms with E-state index in [1.807, 2.05) is 35.9 Å². The molecule has 4 aromatic rings. The first-order valence-corrected chi connectivity index (χ1v) is 12.4. The molecule has 1 saturated carbocycles. The van der Waals surface area contributed by atoms with Crippen molar-refractivity contribution >= 4 is 34.4 Å². The van der Waals surface area contributed by atoms with Crippen LogP contribution in [-0.2, 0) is 11.8 Å². The molecule has 0 spiro atoms. The van der Waals surface area contributed by atoms with Crippen molar-refractivity contribution in [2.45, 2.75) is 31.7 Å². The number of aromatic nitrogens is 3. The van der Waals surface area contributed by atoms with Gasteiger partial charge in [-0.15, -0.1) is 0 Å². The van der Waals surface area contributed by atoms with Gasteiger partial charge in [0.1, 0.15) is 17.8 Å². The fourth-order valence-electron chi connectivity index (χ4n) is 4.90. The summed E-state index contributed by atoms with van der Waals surface area (Å²) in [5, 5.41) is 3.47. The first-order chi connectivity index (χ1) is 18.5. The number of halogens is 2. The van der Waals surface area contributed by atoms with Gasteiger partial charge in [-0.1, -0.05) is 30.8 Å². The van der Waals surface area contributed by atoms with E-state index in [-0.39, 0.29) is 24.7 Å². The van der Waals surface area contributed by atoms with Gasteiger partial charge in [-0.2, -0.15) is 0 Å². The molecule has 200 valence electrons. The van der Waals surface area contributed by atoms with E-state index in [4.69, 9.17) is 5.73 Å². The highest BCUT2D eigenvalue weighted by atomic mass is 19.3. The van der Waals surface area contributed by atoms with Crippen molar-refractivity contribution in [3.05, 3.63) is 72.6 Å². The van der Waals surface area contributed by atoms with Gasteiger partial charge in [0.15, 0.2) is 0 Å². The molecule has 5 rings (SSSR count). The van der Waals surface area contributed by atoms with Gasteiger partial charge < -0.3 is 20.5 Å². The van der Waals surface area contributed by atoms with Crippen LogP contribution in [0.4, 0.5) is 20.3 Å². The number of rotatable bonds is 6. The van der Waals surface area contributed by atoms with E-state index >= 15 is 0 Å². The predicted octanol–water partition coefficient (Wildman–Crippen LogP) is 5.27. The Morgan fingerprint density at radius 1 is 1.08 bits per heavy atom. The Morgan fingerprint density at radius 3 is 2.28 bits per heavy atom. The third kappa shape index (κ3) is 4.73. The van der Waals surface area contributed by atoms with Gasteiger partial charge in [-0.25, -0.2) is 18.7 Å². The molecule has 10 heteroatoms. The van der Waals surface area contributed by atoms with Crippen LogP contribution in [0.5, 0.6) is 0 Å². The van der Waals surface area contributed by atoms with Crippen LogP contribution in [0.2, 0.25) is 0 Å². The van der Waals surface area contributed by atoms with Crippen molar-refractivity contribution in [1.82, 2.24) is 19.4 Å². The maximum absolute atomic E-state index is 13.3. The Bertz CT molecular complexity index is 1600. The van der Waals surface area contributed by atoms with Crippen molar-refractivity contribution < 1.29 is 18.4 Å². The molecule has 1 aliphatic carbocycles. The summed E-state index contributed by atoms with van der Waals surface area (Å²) in [7, 11) is 3.44. The van der Waals surface area contributed by atoms with E-state index < -0.39 is 12.0 Å². The molecule has 2 aromatic heterocycles. The average Bonchev–Trinajstić information content (AvgIpc) is 3.20. The number of benzene rings is 2. The number of nitrogens with one attached hydrogen (secondary N) is 1. The number of carbonyl (C=O) groups is 2. The van der Waals surface area contributed by atoms with Crippen molar-refractivity contribution in [2.24, 2.45) is 7.05 Å². The van der Waals surface area contributed by atoms with E-state index in [9.17, 15) is 18.4 Å². The minimum Gasteiger partial charge on any atom is -0.383 e. The van der Waals surface area contributed by atoms with Crippen LogP contribution in [0.3, 0.4) is 0 Å². The Labute approximate surface area is 224 Å². The normalized spacial score (nSPS) is 14.6. The van der Waals surface area contributed by atoms with E-state index in [1.165, 1.54) is 11.2 Å². The Morgan fingerprint density at radius 2 is 1.69 bits per heavy atom. The second kappa shape index (κ2) is 9.61. The first kappa shape index (κ1) is 26.0. The second-order valence-corrected chi connectivity index (χ2v) is 9.96. The lowest BCUT2D eigenvalue weighted by molar-refractivity contribution is -0.113. The molecular formula is C29H28F2N6O2. The summed E-state index contributed by atoms with van der Waals surface area (Å²) >= 11 is 0. The zero-order valence-electron chi connectivity index (χ0n) is 21.8. The van der Waals surface area contributed by atoms with Crippen molar-refractivity contribution in [1.29, 1.82) is 0 Å². The summed E-state index contributed by atoms with van der Waals surface area (Å²) in [6.07, 6.45) is 0.770. The largest absolute Gasteiger partial charge is 0.383 e. The van der Waals surface area contributed by atoms with Crippen LogP contribution in [-0.4, -0.2) is 50.3 Å². The number of hydrogen-bond donors (Lipinski definition) is 2. The SMILES string of the molecule is C=C(C)C(=O)Nc1ccc(-c2c(-c3ccc(C(=O)N(C)C4CC(F)(F)C4)cc3)c3c(N)ncnc3n2C)cc1. The molecule has 2 aromatic carbocycles. The highest BCUT2D eigenvalue weighted by Gasteiger charge is 2.48. The Balaban J connectivity index is 1.53. The zero-order chi connectivity index (χ0) is 28.1. The van der Waals surface area contributed by atoms with Crippen molar-refractivity contribution in [3.8, 4) is 22.4 Å². The second-order valence-electron chi connectivity index (χ2n) is 9.96. The van der Waals surface area contributed by atoms with Crippen LogP contribution < -0.4 is 11.1 Å².